The van der Waals surface area contributed by atoms with Crippen LogP contribution < -0.4 is 5.32 Å². The van der Waals surface area contributed by atoms with Gasteiger partial charge in [-0.3, -0.25) is 0 Å². The summed E-state index contributed by atoms with van der Waals surface area (Å²) in [7, 11) is 0. The second kappa shape index (κ2) is 5.18. The van der Waals surface area contributed by atoms with Gasteiger partial charge in [0.05, 0.1) is 0 Å². The summed E-state index contributed by atoms with van der Waals surface area (Å²) in [5.41, 5.74) is 1.08. The van der Waals surface area contributed by atoms with E-state index in [9.17, 15) is 4.39 Å². The molecular weight excluding hydrogens is 223 g/mol. The quantitative estimate of drug-likeness (QED) is 0.883. The minimum absolute atomic E-state index is 0.195. The zero-order valence-electron chi connectivity index (χ0n) is 9.03. The summed E-state index contributed by atoms with van der Waals surface area (Å²) < 4.78 is 12.6. The summed E-state index contributed by atoms with van der Waals surface area (Å²) in [6.07, 6.45) is 1.87. The van der Waals surface area contributed by atoms with E-state index in [0.29, 0.717) is 0 Å². The Morgan fingerprint density at radius 3 is 2.62 bits per heavy atom. The first-order valence-corrected chi connectivity index (χ1v) is 5.92. The van der Waals surface area contributed by atoms with Crippen LogP contribution in [-0.4, -0.2) is 4.98 Å². The number of hydrogen-bond acceptors (Lipinski definition) is 3. The maximum absolute atomic E-state index is 12.6. The molecule has 0 saturated carbocycles. The number of hydrogen-bond donors (Lipinski definition) is 1. The molecule has 0 bridgehead atoms. The molecule has 2 rings (SSSR count). The Kier molecular flexibility index (Phi) is 3.64. The molecular formula is C12H13FN2S. The molecule has 0 radical (unpaired) electrons. The predicted octanol–water partition coefficient (Wildman–Crippen LogP) is 2.88. The number of rotatable bonds is 4. The monoisotopic (exact) mass is 236 g/mol. The Balaban J connectivity index is 1.82. The molecule has 2 aromatic rings. The van der Waals surface area contributed by atoms with Crippen LogP contribution in [0.3, 0.4) is 0 Å². The maximum atomic E-state index is 12.6. The number of halogens is 1. The Morgan fingerprint density at radius 1 is 1.25 bits per heavy atom. The molecule has 0 spiro atoms. The third kappa shape index (κ3) is 3.12. The fraction of sp³-hybridized carbons (Fsp3) is 0.250. The fourth-order valence-electron chi connectivity index (χ4n) is 1.40. The number of nitrogens with zero attached hydrogens (tertiary/aromatic N) is 1. The Morgan fingerprint density at radius 2 is 2.00 bits per heavy atom. The number of aromatic nitrogens is 1. The molecule has 1 heterocycles. The fourth-order valence-corrected chi connectivity index (χ4v) is 2.16. The smallest absolute Gasteiger partial charge is 0.123 e. The zero-order chi connectivity index (χ0) is 11.4. The van der Waals surface area contributed by atoms with Gasteiger partial charge in [-0.1, -0.05) is 12.1 Å². The van der Waals surface area contributed by atoms with Crippen molar-refractivity contribution in [1.82, 2.24) is 10.3 Å². The van der Waals surface area contributed by atoms with Crippen molar-refractivity contribution in [2.45, 2.75) is 20.0 Å². The van der Waals surface area contributed by atoms with Gasteiger partial charge in [-0.2, -0.15) is 0 Å². The molecule has 0 saturated heterocycles. The second-order valence-electron chi connectivity index (χ2n) is 3.59. The molecule has 84 valence electrons. The lowest BCUT2D eigenvalue weighted by Crippen LogP contribution is -2.12. The van der Waals surface area contributed by atoms with Crippen molar-refractivity contribution < 1.29 is 4.39 Å². The van der Waals surface area contributed by atoms with Gasteiger partial charge in [0, 0.05) is 24.2 Å². The Labute approximate surface area is 98.2 Å². The van der Waals surface area contributed by atoms with Gasteiger partial charge < -0.3 is 5.32 Å². The van der Waals surface area contributed by atoms with Gasteiger partial charge in [-0.15, -0.1) is 11.3 Å². The van der Waals surface area contributed by atoms with Crippen LogP contribution in [0, 0.1) is 12.7 Å². The summed E-state index contributed by atoms with van der Waals surface area (Å²) in [5, 5.41) is 4.36. The van der Waals surface area contributed by atoms with Crippen LogP contribution in [0.4, 0.5) is 4.39 Å². The molecule has 0 fully saturated rings. The van der Waals surface area contributed by atoms with Gasteiger partial charge in [0.25, 0.3) is 0 Å². The number of benzene rings is 1. The normalized spacial score (nSPS) is 10.6. The first-order chi connectivity index (χ1) is 7.74. The van der Waals surface area contributed by atoms with Crippen molar-refractivity contribution in [3.05, 3.63) is 51.7 Å². The lowest BCUT2D eigenvalue weighted by atomic mass is 10.2. The zero-order valence-corrected chi connectivity index (χ0v) is 9.85. The van der Waals surface area contributed by atoms with E-state index < -0.39 is 0 Å². The van der Waals surface area contributed by atoms with E-state index in [2.05, 4.69) is 10.3 Å². The molecule has 0 amide bonds. The largest absolute Gasteiger partial charge is 0.306 e. The van der Waals surface area contributed by atoms with Gasteiger partial charge in [0.1, 0.15) is 10.8 Å². The van der Waals surface area contributed by atoms with Gasteiger partial charge in [0.2, 0.25) is 0 Å². The molecule has 0 unspecified atom stereocenters. The SMILES string of the molecule is Cc1cnc(CNCc2ccc(F)cc2)s1. The summed E-state index contributed by atoms with van der Waals surface area (Å²) in [6.45, 7) is 3.54. The summed E-state index contributed by atoms with van der Waals surface area (Å²) in [4.78, 5) is 5.48. The highest BCUT2D eigenvalue weighted by Crippen LogP contribution is 2.10. The van der Waals surface area contributed by atoms with Crippen LogP contribution in [0.1, 0.15) is 15.4 Å². The topological polar surface area (TPSA) is 24.9 Å². The van der Waals surface area contributed by atoms with Crippen molar-refractivity contribution in [3.63, 3.8) is 0 Å². The van der Waals surface area contributed by atoms with Crippen LogP contribution in [0.5, 0.6) is 0 Å². The first-order valence-electron chi connectivity index (χ1n) is 5.10. The second-order valence-corrected chi connectivity index (χ2v) is 4.91. The lowest BCUT2D eigenvalue weighted by molar-refractivity contribution is 0.625. The molecule has 1 aromatic heterocycles. The van der Waals surface area contributed by atoms with Gasteiger partial charge in [-0.25, -0.2) is 9.37 Å². The van der Waals surface area contributed by atoms with Crippen molar-refractivity contribution in [2.24, 2.45) is 0 Å². The molecule has 1 N–H and O–H groups in total. The van der Waals surface area contributed by atoms with E-state index in [1.54, 1.807) is 23.5 Å². The molecule has 1 aromatic carbocycles. The van der Waals surface area contributed by atoms with E-state index in [0.717, 1.165) is 23.7 Å². The van der Waals surface area contributed by atoms with Gasteiger partial charge >= 0.3 is 0 Å². The average Bonchev–Trinajstić information content (AvgIpc) is 2.67. The maximum Gasteiger partial charge on any atom is 0.123 e. The molecule has 0 aliphatic carbocycles. The molecule has 0 aliphatic heterocycles. The average molecular weight is 236 g/mol. The van der Waals surface area contributed by atoms with Crippen LogP contribution in [0.15, 0.2) is 30.5 Å². The third-order valence-electron chi connectivity index (χ3n) is 2.19. The minimum atomic E-state index is -0.195. The lowest BCUT2D eigenvalue weighted by Gasteiger charge is -2.02. The summed E-state index contributed by atoms with van der Waals surface area (Å²) in [6, 6.07) is 6.53. The number of nitrogens with one attached hydrogen (secondary N) is 1. The van der Waals surface area contributed by atoms with E-state index in [1.165, 1.54) is 17.0 Å². The number of aryl methyl sites for hydroxylation is 1. The molecule has 2 nitrogen and oxygen atoms in total. The Hall–Kier alpha value is -1.26. The van der Waals surface area contributed by atoms with Crippen molar-refractivity contribution in [1.29, 1.82) is 0 Å². The molecule has 0 aliphatic rings. The minimum Gasteiger partial charge on any atom is -0.306 e. The highest BCUT2D eigenvalue weighted by atomic mass is 32.1. The van der Waals surface area contributed by atoms with E-state index in [4.69, 9.17) is 0 Å². The van der Waals surface area contributed by atoms with Crippen molar-refractivity contribution in [2.75, 3.05) is 0 Å². The van der Waals surface area contributed by atoms with Crippen LogP contribution in [0.2, 0.25) is 0 Å². The van der Waals surface area contributed by atoms with Crippen LogP contribution in [0.25, 0.3) is 0 Å². The van der Waals surface area contributed by atoms with Crippen molar-refractivity contribution >= 4 is 11.3 Å². The number of thiazole rings is 1. The summed E-state index contributed by atoms with van der Waals surface area (Å²) in [5.74, 6) is -0.195. The highest BCUT2D eigenvalue weighted by molar-refractivity contribution is 7.11. The molecule has 16 heavy (non-hydrogen) atoms. The van der Waals surface area contributed by atoms with Gasteiger partial charge in [-0.05, 0) is 24.6 Å². The summed E-state index contributed by atoms with van der Waals surface area (Å²) >= 11 is 1.69. The van der Waals surface area contributed by atoms with E-state index in [1.807, 2.05) is 13.1 Å². The highest BCUT2D eigenvalue weighted by Gasteiger charge is 1.98. The van der Waals surface area contributed by atoms with Gasteiger partial charge in [0.15, 0.2) is 0 Å². The standard InChI is InChI=1S/C12H13FN2S/c1-9-6-15-12(16-9)8-14-7-10-2-4-11(13)5-3-10/h2-6,14H,7-8H2,1H3. The predicted molar refractivity (Wildman–Crippen MR) is 63.8 cm³/mol. The van der Waals surface area contributed by atoms with Crippen LogP contribution in [-0.2, 0) is 13.1 Å². The van der Waals surface area contributed by atoms with Crippen molar-refractivity contribution in [3.8, 4) is 0 Å². The third-order valence-corrected chi connectivity index (χ3v) is 3.10. The van der Waals surface area contributed by atoms with E-state index >= 15 is 0 Å². The van der Waals surface area contributed by atoms with Crippen LogP contribution >= 0.6 is 11.3 Å². The molecule has 4 heteroatoms. The first kappa shape index (κ1) is 11.2. The molecule has 0 atom stereocenters. The Bertz CT molecular complexity index is 450. The van der Waals surface area contributed by atoms with E-state index in [-0.39, 0.29) is 5.82 Å².